The Hall–Kier alpha value is -2.06. The van der Waals surface area contributed by atoms with Crippen LogP contribution in [0.4, 0.5) is 8.78 Å². The van der Waals surface area contributed by atoms with Gasteiger partial charge in [0.1, 0.15) is 11.6 Å². The fourth-order valence-electron chi connectivity index (χ4n) is 2.98. The molecular weight excluding hydrogens is 360 g/mol. The first-order chi connectivity index (χ1) is 12.3. The van der Waals surface area contributed by atoms with Gasteiger partial charge in [0.15, 0.2) is 5.11 Å². The molecule has 1 heterocycles. The average molecular weight is 384 g/mol. The lowest BCUT2D eigenvalue weighted by molar-refractivity contribution is -0.858. The van der Waals surface area contributed by atoms with Crippen LogP contribution in [-0.4, -0.2) is 50.3 Å². The predicted molar refractivity (Wildman–Crippen MR) is 98.5 cm³/mol. The number of nitrogens with zero attached hydrogens (tertiary/aromatic N) is 1. The minimum atomic E-state index is -0.828. The SMILES string of the molecule is COC(=O)C1=C(C)N(CCC[NH+](C)C)C(=S)N[C@H]1c1ccc(F)cc1F. The van der Waals surface area contributed by atoms with Gasteiger partial charge in [0.05, 0.1) is 39.4 Å². The van der Waals surface area contributed by atoms with E-state index >= 15 is 0 Å². The summed E-state index contributed by atoms with van der Waals surface area (Å²) in [6, 6.07) is 2.42. The lowest BCUT2D eigenvalue weighted by Gasteiger charge is -2.37. The third-order valence-electron chi connectivity index (χ3n) is 4.33. The van der Waals surface area contributed by atoms with E-state index in [4.69, 9.17) is 17.0 Å². The van der Waals surface area contributed by atoms with Crippen molar-refractivity contribution < 1.29 is 23.2 Å². The number of methoxy groups -OCH3 is 1. The molecule has 142 valence electrons. The van der Waals surface area contributed by atoms with Crippen LogP contribution in [0.15, 0.2) is 29.5 Å². The molecule has 0 saturated heterocycles. The molecule has 0 radical (unpaired) electrons. The monoisotopic (exact) mass is 384 g/mol. The number of carbonyl (C=O) groups is 1. The summed E-state index contributed by atoms with van der Waals surface area (Å²) in [4.78, 5) is 15.5. The van der Waals surface area contributed by atoms with Gasteiger partial charge in [-0.25, -0.2) is 13.6 Å². The summed E-state index contributed by atoms with van der Waals surface area (Å²) >= 11 is 5.43. The summed E-state index contributed by atoms with van der Waals surface area (Å²) < 4.78 is 32.5. The molecule has 0 spiro atoms. The maximum atomic E-state index is 14.3. The Morgan fingerprint density at radius 2 is 2.08 bits per heavy atom. The van der Waals surface area contributed by atoms with Gasteiger partial charge in [-0.1, -0.05) is 6.07 Å². The summed E-state index contributed by atoms with van der Waals surface area (Å²) in [6.45, 7) is 3.33. The van der Waals surface area contributed by atoms with Gasteiger partial charge in [0.2, 0.25) is 0 Å². The zero-order valence-electron chi connectivity index (χ0n) is 15.4. The summed E-state index contributed by atoms with van der Waals surface area (Å²) in [5, 5.41) is 3.41. The number of allylic oxidation sites excluding steroid dienone is 1. The highest BCUT2D eigenvalue weighted by Gasteiger charge is 2.35. The number of nitrogens with one attached hydrogen (secondary N) is 2. The van der Waals surface area contributed by atoms with E-state index in [-0.39, 0.29) is 11.1 Å². The van der Waals surface area contributed by atoms with E-state index in [1.54, 1.807) is 6.92 Å². The first-order valence-electron chi connectivity index (χ1n) is 8.37. The topological polar surface area (TPSA) is 46.0 Å². The molecular formula is C18H24F2N3O2S+. The van der Waals surface area contributed by atoms with Gasteiger partial charge < -0.3 is 19.9 Å². The molecule has 0 unspecified atom stereocenters. The van der Waals surface area contributed by atoms with Crippen LogP contribution < -0.4 is 10.2 Å². The fraction of sp³-hybridized carbons (Fsp3) is 0.444. The van der Waals surface area contributed by atoms with E-state index in [0.717, 1.165) is 25.1 Å². The number of rotatable bonds is 6. The van der Waals surface area contributed by atoms with Crippen molar-refractivity contribution in [3.05, 3.63) is 46.7 Å². The quantitative estimate of drug-likeness (QED) is 0.570. The minimum absolute atomic E-state index is 0.144. The number of hydrogen-bond donors (Lipinski definition) is 2. The molecule has 0 bridgehead atoms. The zero-order chi connectivity index (χ0) is 19.4. The number of benzene rings is 1. The third-order valence-corrected chi connectivity index (χ3v) is 4.67. The maximum absolute atomic E-state index is 14.3. The van der Waals surface area contributed by atoms with Crippen molar-refractivity contribution >= 4 is 23.3 Å². The number of esters is 1. The van der Waals surface area contributed by atoms with Gasteiger partial charge in [-0.05, 0) is 25.2 Å². The second-order valence-corrected chi connectivity index (χ2v) is 6.89. The van der Waals surface area contributed by atoms with Gasteiger partial charge in [-0.15, -0.1) is 0 Å². The maximum Gasteiger partial charge on any atom is 0.337 e. The van der Waals surface area contributed by atoms with Gasteiger partial charge in [-0.2, -0.15) is 0 Å². The van der Waals surface area contributed by atoms with Crippen molar-refractivity contribution in [3.8, 4) is 0 Å². The van der Waals surface area contributed by atoms with E-state index in [2.05, 4.69) is 19.4 Å². The number of quaternary nitrogens is 1. The van der Waals surface area contributed by atoms with E-state index in [0.29, 0.717) is 17.4 Å². The standard InChI is InChI=1S/C18H23F2N3O2S/c1-11-15(17(24)25-4)16(13-7-6-12(19)10-14(13)20)21-18(26)23(11)9-5-8-22(2)3/h6-7,10,16H,5,8-9H2,1-4H3,(H,21,26)/p+1/t16-/m0/s1. The molecule has 0 aliphatic carbocycles. The second kappa shape index (κ2) is 8.55. The highest BCUT2D eigenvalue weighted by Crippen LogP contribution is 2.32. The van der Waals surface area contributed by atoms with Crippen molar-refractivity contribution in [2.45, 2.75) is 19.4 Å². The number of hydrogen-bond acceptors (Lipinski definition) is 3. The van der Waals surface area contributed by atoms with Gasteiger partial charge in [0, 0.05) is 30.3 Å². The second-order valence-electron chi connectivity index (χ2n) is 6.50. The summed E-state index contributed by atoms with van der Waals surface area (Å²) in [6.07, 6.45) is 0.867. The zero-order valence-corrected chi connectivity index (χ0v) is 16.2. The van der Waals surface area contributed by atoms with Crippen LogP contribution in [0.1, 0.15) is 24.9 Å². The van der Waals surface area contributed by atoms with Crippen LogP contribution in [0, 0.1) is 11.6 Å². The van der Waals surface area contributed by atoms with Crippen molar-refractivity contribution in [2.24, 2.45) is 0 Å². The van der Waals surface area contributed by atoms with E-state index in [1.165, 1.54) is 18.1 Å². The molecule has 1 aromatic carbocycles. The van der Waals surface area contributed by atoms with E-state index in [1.807, 2.05) is 4.90 Å². The lowest BCUT2D eigenvalue weighted by atomic mass is 9.94. The predicted octanol–water partition coefficient (Wildman–Crippen LogP) is 1.18. The number of carbonyl (C=O) groups excluding carboxylic acids is 1. The molecule has 8 heteroatoms. The first-order valence-corrected chi connectivity index (χ1v) is 8.78. The highest BCUT2D eigenvalue weighted by molar-refractivity contribution is 7.80. The normalized spacial score (nSPS) is 17.6. The van der Waals surface area contributed by atoms with E-state index in [9.17, 15) is 13.6 Å². The van der Waals surface area contributed by atoms with Crippen LogP contribution in [0.2, 0.25) is 0 Å². The molecule has 5 nitrogen and oxygen atoms in total. The Kier molecular flexibility index (Phi) is 6.66. The molecule has 0 aromatic heterocycles. The third kappa shape index (κ3) is 4.37. The van der Waals surface area contributed by atoms with Crippen molar-refractivity contribution in [1.82, 2.24) is 10.2 Å². The smallest absolute Gasteiger partial charge is 0.337 e. The highest BCUT2D eigenvalue weighted by atomic mass is 32.1. The Morgan fingerprint density at radius 3 is 2.65 bits per heavy atom. The molecule has 1 aromatic rings. The van der Waals surface area contributed by atoms with Gasteiger partial charge in [0.25, 0.3) is 0 Å². The largest absolute Gasteiger partial charge is 0.466 e. The molecule has 0 amide bonds. The molecule has 0 saturated carbocycles. The average Bonchev–Trinajstić information content (AvgIpc) is 2.56. The molecule has 2 N–H and O–H groups in total. The minimum Gasteiger partial charge on any atom is -0.466 e. The Labute approximate surface area is 157 Å². The van der Waals surface area contributed by atoms with Crippen molar-refractivity contribution in [2.75, 3.05) is 34.3 Å². The van der Waals surface area contributed by atoms with Gasteiger partial charge in [-0.3, -0.25) is 0 Å². The Morgan fingerprint density at radius 1 is 1.38 bits per heavy atom. The Bertz CT molecular complexity index is 737. The van der Waals surface area contributed by atoms with Crippen LogP contribution in [0.3, 0.4) is 0 Å². The fourth-order valence-corrected chi connectivity index (χ4v) is 3.33. The molecule has 26 heavy (non-hydrogen) atoms. The van der Waals surface area contributed by atoms with Crippen molar-refractivity contribution in [1.29, 1.82) is 0 Å². The molecule has 1 aliphatic heterocycles. The summed E-state index contributed by atoms with van der Waals surface area (Å²) in [5.74, 6) is -2.00. The summed E-state index contributed by atoms with van der Waals surface area (Å²) in [5.41, 5.74) is 1.03. The molecule has 2 rings (SSSR count). The summed E-state index contributed by atoms with van der Waals surface area (Å²) in [7, 11) is 5.39. The van der Waals surface area contributed by atoms with Crippen LogP contribution in [0.25, 0.3) is 0 Å². The number of ether oxygens (including phenoxy) is 1. The molecule has 0 fully saturated rings. The van der Waals surface area contributed by atoms with Gasteiger partial charge >= 0.3 is 5.97 Å². The van der Waals surface area contributed by atoms with Crippen molar-refractivity contribution in [3.63, 3.8) is 0 Å². The Balaban J connectivity index is 2.42. The lowest BCUT2D eigenvalue weighted by Crippen LogP contribution is -3.05. The van der Waals surface area contributed by atoms with Crippen LogP contribution in [-0.2, 0) is 9.53 Å². The van der Waals surface area contributed by atoms with Crippen LogP contribution >= 0.6 is 12.2 Å². The number of thiocarbonyl (C=S) groups is 1. The first kappa shape index (κ1) is 20.3. The molecule has 1 aliphatic rings. The number of halogens is 2. The van der Waals surface area contributed by atoms with Crippen LogP contribution in [0.5, 0.6) is 0 Å². The van der Waals surface area contributed by atoms with E-state index < -0.39 is 23.6 Å². The molecule has 1 atom stereocenters.